The number of hydrogen-bond acceptors (Lipinski definition) is 1. The number of halogens is 5. The first-order valence-corrected chi connectivity index (χ1v) is 7.04. The summed E-state index contributed by atoms with van der Waals surface area (Å²) < 4.78 is 39.8. The fourth-order valence-corrected chi connectivity index (χ4v) is 2.54. The van der Waals surface area contributed by atoms with Gasteiger partial charge >= 0.3 is 0 Å². The van der Waals surface area contributed by atoms with Crippen LogP contribution in [0.3, 0.4) is 0 Å². The lowest BCUT2D eigenvalue weighted by Crippen LogP contribution is -2.12. The lowest BCUT2D eigenvalue weighted by molar-refractivity contribution is 0.495. The molecule has 0 heterocycles. The molecule has 112 valence electrons. The zero-order valence-electron chi connectivity index (χ0n) is 11.1. The molecule has 0 aromatic heterocycles. The molecule has 0 aliphatic heterocycles. The third kappa shape index (κ3) is 3.63. The Morgan fingerprint density at radius 3 is 2.29 bits per heavy atom. The van der Waals surface area contributed by atoms with Gasteiger partial charge in [-0.05, 0) is 24.1 Å². The summed E-state index contributed by atoms with van der Waals surface area (Å²) in [6.07, 6.45) is 0.569. The highest BCUT2D eigenvalue weighted by atomic mass is 35.5. The number of benzene rings is 2. The van der Waals surface area contributed by atoms with Gasteiger partial charge in [0.25, 0.3) is 0 Å². The predicted molar refractivity (Wildman–Crippen MR) is 79.4 cm³/mol. The Hall–Kier alpha value is -1.39. The molecule has 2 aromatic rings. The number of hydrogen-bond donors (Lipinski definition) is 1. The van der Waals surface area contributed by atoms with E-state index in [0.29, 0.717) is 28.1 Å². The van der Waals surface area contributed by atoms with E-state index in [4.69, 9.17) is 23.2 Å². The van der Waals surface area contributed by atoms with Gasteiger partial charge in [0, 0.05) is 22.2 Å². The summed E-state index contributed by atoms with van der Waals surface area (Å²) in [6.45, 7) is 1.86. The van der Waals surface area contributed by atoms with Crippen LogP contribution in [-0.4, -0.2) is 0 Å². The lowest BCUT2D eigenvalue weighted by Gasteiger charge is -2.20. The van der Waals surface area contributed by atoms with Crippen LogP contribution in [0.2, 0.25) is 10.0 Å². The van der Waals surface area contributed by atoms with Gasteiger partial charge in [0.05, 0.1) is 11.7 Å². The van der Waals surface area contributed by atoms with Crippen molar-refractivity contribution in [1.82, 2.24) is 0 Å². The van der Waals surface area contributed by atoms with Gasteiger partial charge in [-0.2, -0.15) is 0 Å². The molecule has 0 spiro atoms. The van der Waals surface area contributed by atoms with Gasteiger partial charge < -0.3 is 5.32 Å². The zero-order valence-corrected chi connectivity index (χ0v) is 12.6. The van der Waals surface area contributed by atoms with Gasteiger partial charge in [-0.3, -0.25) is 0 Å². The van der Waals surface area contributed by atoms with Crippen LogP contribution in [0, 0.1) is 17.5 Å². The van der Waals surface area contributed by atoms with Crippen LogP contribution >= 0.6 is 23.2 Å². The summed E-state index contributed by atoms with van der Waals surface area (Å²) in [5, 5.41) is 3.74. The van der Waals surface area contributed by atoms with Crippen molar-refractivity contribution >= 4 is 28.9 Å². The normalized spacial score (nSPS) is 12.3. The van der Waals surface area contributed by atoms with E-state index in [1.165, 1.54) is 0 Å². The van der Waals surface area contributed by atoms with E-state index in [0.717, 1.165) is 6.07 Å². The summed E-state index contributed by atoms with van der Waals surface area (Å²) >= 11 is 11.9. The van der Waals surface area contributed by atoms with Crippen molar-refractivity contribution in [3.05, 3.63) is 63.4 Å². The summed E-state index contributed by atoms with van der Waals surface area (Å²) in [5.74, 6) is -3.20. The minimum Gasteiger partial charge on any atom is -0.376 e. The molecule has 0 bridgehead atoms. The SMILES string of the molecule is CCC(Nc1cc(F)c(F)cc1F)c1ccc(Cl)cc1Cl. The zero-order chi connectivity index (χ0) is 15.6. The Bertz CT molecular complexity index is 662. The molecule has 0 radical (unpaired) electrons. The van der Waals surface area contributed by atoms with Crippen LogP contribution in [-0.2, 0) is 0 Å². The maximum atomic E-state index is 13.7. The van der Waals surface area contributed by atoms with E-state index >= 15 is 0 Å². The predicted octanol–water partition coefficient (Wildman–Crippen LogP) is 5.97. The largest absolute Gasteiger partial charge is 0.376 e. The molecule has 0 aliphatic carbocycles. The second-order valence-corrected chi connectivity index (χ2v) is 5.36. The van der Waals surface area contributed by atoms with Crippen LogP contribution < -0.4 is 5.32 Å². The first kappa shape index (κ1) is 16.0. The number of nitrogens with one attached hydrogen (secondary N) is 1. The second-order valence-electron chi connectivity index (χ2n) is 4.52. The molecule has 1 N–H and O–H groups in total. The quantitative estimate of drug-likeness (QED) is 0.679. The van der Waals surface area contributed by atoms with E-state index in [-0.39, 0.29) is 11.7 Å². The van der Waals surface area contributed by atoms with E-state index < -0.39 is 17.5 Å². The molecule has 2 rings (SSSR count). The van der Waals surface area contributed by atoms with Crippen LogP contribution in [0.25, 0.3) is 0 Å². The average Bonchev–Trinajstić information content (AvgIpc) is 2.42. The third-order valence-electron chi connectivity index (χ3n) is 3.09. The monoisotopic (exact) mass is 333 g/mol. The summed E-state index contributed by atoms with van der Waals surface area (Å²) in [6, 6.07) is 5.89. The fourth-order valence-electron chi connectivity index (χ4n) is 2.00. The summed E-state index contributed by atoms with van der Waals surface area (Å²) in [7, 11) is 0. The van der Waals surface area contributed by atoms with Crippen molar-refractivity contribution < 1.29 is 13.2 Å². The molecule has 0 aliphatic rings. The van der Waals surface area contributed by atoms with Gasteiger partial charge in [-0.1, -0.05) is 36.2 Å². The van der Waals surface area contributed by atoms with Gasteiger partial charge in [-0.25, -0.2) is 13.2 Å². The van der Waals surface area contributed by atoms with Crippen molar-refractivity contribution in [2.75, 3.05) is 5.32 Å². The van der Waals surface area contributed by atoms with Crippen LogP contribution in [0.1, 0.15) is 24.9 Å². The standard InChI is InChI=1S/C15H12Cl2F3N/c1-2-14(9-4-3-8(16)5-10(9)17)21-15-7-12(19)11(18)6-13(15)20/h3-7,14,21H,2H2,1H3. The topological polar surface area (TPSA) is 12.0 Å². The highest BCUT2D eigenvalue weighted by molar-refractivity contribution is 6.35. The van der Waals surface area contributed by atoms with Gasteiger partial charge in [0.2, 0.25) is 0 Å². The molecule has 6 heteroatoms. The molecule has 1 unspecified atom stereocenters. The van der Waals surface area contributed by atoms with Gasteiger partial charge in [0.15, 0.2) is 11.6 Å². The van der Waals surface area contributed by atoms with Crippen molar-refractivity contribution in [3.63, 3.8) is 0 Å². The van der Waals surface area contributed by atoms with Crippen molar-refractivity contribution in [1.29, 1.82) is 0 Å². The maximum Gasteiger partial charge on any atom is 0.161 e. The van der Waals surface area contributed by atoms with Crippen molar-refractivity contribution in [2.24, 2.45) is 0 Å². The molecule has 0 fully saturated rings. The van der Waals surface area contributed by atoms with E-state index in [2.05, 4.69) is 5.32 Å². The molecule has 21 heavy (non-hydrogen) atoms. The Morgan fingerprint density at radius 2 is 1.67 bits per heavy atom. The second kappa shape index (κ2) is 6.58. The van der Waals surface area contributed by atoms with Gasteiger partial charge in [0.1, 0.15) is 5.82 Å². The summed E-state index contributed by atoms with van der Waals surface area (Å²) in [5.41, 5.74) is 0.583. The minimum absolute atomic E-state index is 0.119. The molecule has 0 saturated heterocycles. The van der Waals surface area contributed by atoms with E-state index in [9.17, 15) is 13.2 Å². The van der Waals surface area contributed by atoms with Gasteiger partial charge in [-0.15, -0.1) is 0 Å². The van der Waals surface area contributed by atoms with Crippen LogP contribution in [0.5, 0.6) is 0 Å². The van der Waals surface area contributed by atoms with Crippen molar-refractivity contribution in [2.45, 2.75) is 19.4 Å². The summed E-state index contributed by atoms with van der Waals surface area (Å²) in [4.78, 5) is 0. The Labute approximate surface area is 130 Å². The average molecular weight is 334 g/mol. The Morgan fingerprint density at radius 1 is 1.00 bits per heavy atom. The first-order chi connectivity index (χ1) is 9.92. The molecule has 2 aromatic carbocycles. The lowest BCUT2D eigenvalue weighted by atomic mass is 10.0. The molecule has 1 atom stereocenters. The van der Waals surface area contributed by atoms with Crippen LogP contribution in [0.4, 0.5) is 18.9 Å². The smallest absolute Gasteiger partial charge is 0.161 e. The number of rotatable bonds is 4. The van der Waals surface area contributed by atoms with E-state index in [1.807, 2.05) is 6.92 Å². The fraction of sp³-hybridized carbons (Fsp3) is 0.200. The maximum absolute atomic E-state index is 13.7. The van der Waals surface area contributed by atoms with Crippen molar-refractivity contribution in [3.8, 4) is 0 Å². The molecular weight excluding hydrogens is 322 g/mol. The first-order valence-electron chi connectivity index (χ1n) is 6.28. The molecule has 0 amide bonds. The minimum atomic E-state index is -1.23. The highest BCUT2D eigenvalue weighted by Crippen LogP contribution is 2.31. The molecular formula is C15H12Cl2F3N. The Kier molecular flexibility index (Phi) is 5.01. The van der Waals surface area contributed by atoms with E-state index in [1.54, 1.807) is 18.2 Å². The molecule has 0 saturated carbocycles. The Balaban J connectivity index is 2.33. The van der Waals surface area contributed by atoms with Crippen LogP contribution in [0.15, 0.2) is 30.3 Å². The number of anilines is 1. The highest BCUT2D eigenvalue weighted by Gasteiger charge is 2.17. The molecule has 1 nitrogen and oxygen atoms in total. The third-order valence-corrected chi connectivity index (χ3v) is 3.65.